The lowest BCUT2D eigenvalue weighted by molar-refractivity contribution is 0.0658. The Balaban J connectivity index is 2.26. The highest BCUT2D eigenvalue weighted by Gasteiger charge is 2.36. The lowest BCUT2D eigenvalue weighted by atomic mass is 9.66. The summed E-state index contributed by atoms with van der Waals surface area (Å²) in [5.41, 5.74) is 0.567. The minimum Gasteiger partial charge on any atom is -0.385 e. The molecule has 1 N–H and O–H groups in total. The van der Waals surface area contributed by atoms with Gasteiger partial charge in [-0.1, -0.05) is 26.7 Å². The average molecular weight is 227 g/mol. The van der Waals surface area contributed by atoms with E-state index in [1.165, 1.54) is 51.5 Å². The number of hydrogen-bond acceptors (Lipinski definition) is 2. The van der Waals surface area contributed by atoms with Crippen molar-refractivity contribution in [2.45, 2.75) is 64.8 Å². The quantitative estimate of drug-likeness (QED) is 0.652. The van der Waals surface area contributed by atoms with Gasteiger partial charge >= 0.3 is 0 Å². The Morgan fingerprint density at radius 3 is 2.50 bits per heavy atom. The fourth-order valence-corrected chi connectivity index (χ4v) is 2.67. The molecule has 0 amide bonds. The fourth-order valence-electron chi connectivity index (χ4n) is 2.67. The summed E-state index contributed by atoms with van der Waals surface area (Å²) in [7, 11) is 1.81. The Labute approximate surface area is 101 Å². The summed E-state index contributed by atoms with van der Waals surface area (Å²) in [6, 6.07) is 0.727. The molecule has 1 aliphatic rings. The summed E-state index contributed by atoms with van der Waals surface area (Å²) in [5.74, 6) is 0. The van der Waals surface area contributed by atoms with Gasteiger partial charge < -0.3 is 10.1 Å². The van der Waals surface area contributed by atoms with E-state index in [1.807, 2.05) is 7.11 Å². The van der Waals surface area contributed by atoms with Crippen molar-refractivity contribution >= 4 is 0 Å². The van der Waals surface area contributed by atoms with Gasteiger partial charge in [0.1, 0.15) is 0 Å². The smallest absolute Gasteiger partial charge is 0.0468 e. The molecule has 0 aromatic rings. The van der Waals surface area contributed by atoms with Crippen LogP contribution < -0.4 is 5.32 Å². The van der Waals surface area contributed by atoms with Crippen molar-refractivity contribution in [2.24, 2.45) is 5.41 Å². The van der Waals surface area contributed by atoms with Gasteiger partial charge in [-0.15, -0.1) is 0 Å². The molecule has 1 fully saturated rings. The maximum Gasteiger partial charge on any atom is 0.0468 e. The molecule has 0 aromatic heterocycles. The predicted octanol–water partition coefficient (Wildman–Crippen LogP) is 3.36. The summed E-state index contributed by atoms with van der Waals surface area (Å²) in [4.78, 5) is 0. The average Bonchev–Trinajstić information content (AvgIpc) is 2.25. The molecule has 2 heteroatoms. The highest BCUT2D eigenvalue weighted by molar-refractivity contribution is 4.90. The summed E-state index contributed by atoms with van der Waals surface area (Å²) in [5, 5.41) is 3.77. The second-order valence-corrected chi connectivity index (χ2v) is 5.37. The molecule has 1 saturated carbocycles. The molecular weight excluding hydrogens is 198 g/mol. The molecule has 0 heterocycles. The standard InChI is InChI=1S/C14H29NO/c1-4-7-13(5-2)15-12-14(8-6-9-14)10-11-16-3/h13,15H,4-12H2,1-3H3. The van der Waals surface area contributed by atoms with E-state index < -0.39 is 0 Å². The van der Waals surface area contributed by atoms with Gasteiger partial charge in [0, 0.05) is 26.3 Å². The van der Waals surface area contributed by atoms with E-state index in [1.54, 1.807) is 0 Å². The molecule has 1 atom stereocenters. The van der Waals surface area contributed by atoms with E-state index in [9.17, 15) is 0 Å². The van der Waals surface area contributed by atoms with Gasteiger partial charge in [0.15, 0.2) is 0 Å². The number of methoxy groups -OCH3 is 1. The molecule has 96 valence electrons. The Hall–Kier alpha value is -0.0800. The first-order valence-electron chi connectivity index (χ1n) is 6.98. The van der Waals surface area contributed by atoms with E-state index >= 15 is 0 Å². The second-order valence-electron chi connectivity index (χ2n) is 5.37. The van der Waals surface area contributed by atoms with Crippen LogP contribution in [0.5, 0.6) is 0 Å². The van der Waals surface area contributed by atoms with Crippen LogP contribution in [0, 0.1) is 5.41 Å². The molecule has 0 radical (unpaired) electrons. The normalized spacial score (nSPS) is 20.4. The van der Waals surface area contributed by atoms with Gasteiger partial charge in [-0.2, -0.15) is 0 Å². The van der Waals surface area contributed by atoms with Gasteiger partial charge in [-0.3, -0.25) is 0 Å². The summed E-state index contributed by atoms with van der Waals surface area (Å²) >= 11 is 0. The van der Waals surface area contributed by atoms with Gasteiger partial charge in [-0.25, -0.2) is 0 Å². The van der Waals surface area contributed by atoms with Crippen molar-refractivity contribution in [1.29, 1.82) is 0 Å². The van der Waals surface area contributed by atoms with E-state index in [0.717, 1.165) is 12.6 Å². The minimum absolute atomic E-state index is 0.567. The van der Waals surface area contributed by atoms with Crippen molar-refractivity contribution in [3.05, 3.63) is 0 Å². The predicted molar refractivity (Wildman–Crippen MR) is 69.8 cm³/mol. The molecule has 16 heavy (non-hydrogen) atoms. The van der Waals surface area contributed by atoms with Crippen LogP contribution in [0.3, 0.4) is 0 Å². The molecule has 0 aliphatic heterocycles. The van der Waals surface area contributed by atoms with Crippen molar-refractivity contribution in [2.75, 3.05) is 20.3 Å². The maximum atomic E-state index is 5.23. The van der Waals surface area contributed by atoms with E-state index in [-0.39, 0.29) is 0 Å². The fraction of sp³-hybridized carbons (Fsp3) is 1.00. The molecule has 0 spiro atoms. The molecule has 1 aliphatic carbocycles. The monoisotopic (exact) mass is 227 g/mol. The van der Waals surface area contributed by atoms with Crippen LogP contribution in [-0.2, 0) is 4.74 Å². The topological polar surface area (TPSA) is 21.3 Å². The lowest BCUT2D eigenvalue weighted by Crippen LogP contribution is -2.44. The Kier molecular flexibility index (Phi) is 6.37. The van der Waals surface area contributed by atoms with Crippen molar-refractivity contribution < 1.29 is 4.74 Å². The number of ether oxygens (including phenoxy) is 1. The highest BCUT2D eigenvalue weighted by Crippen LogP contribution is 2.43. The van der Waals surface area contributed by atoms with E-state index in [0.29, 0.717) is 5.41 Å². The summed E-state index contributed by atoms with van der Waals surface area (Å²) in [6.45, 7) is 6.69. The minimum atomic E-state index is 0.567. The molecule has 0 bridgehead atoms. The van der Waals surface area contributed by atoms with Crippen molar-refractivity contribution in [3.63, 3.8) is 0 Å². The molecule has 1 rings (SSSR count). The van der Waals surface area contributed by atoms with Crippen molar-refractivity contribution in [1.82, 2.24) is 5.32 Å². The Morgan fingerprint density at radius 2 is 2.06 bits per heavy atom. The van der Waals surface area contributed by atoms with Gasteiger partial charge in [0.05, 0.1) is 0 Å². The SMILES string of the molecule is CCCC(CC)NCC1(CCOC)CCC1. The highest BCUT2D eigenvalue weighted by atomic mass is 16.5. The third kappa shape index (κ3) is 4.06. The van der Waals surface area contributed by atoms with Crippen LogP contribution in [0.1, 0.15) is 58.8 Å². The van der Waals surface area contributed by atoms with Crippen LogP contribution >= 0.6 is 0 Å². The Bertz CT molecular complexity index is 178. The first-order valence-corrected chi connectivity index (χ1v) is 6.98. The Morgan fingerprint density at radius 1 is 1.31 bits per heavy atom. The summed E-state index contributed by atoms with van der Waals surface area (Å²) in [6.07, 6.45) is 9.30. The zero-order valence-corrected chi connectivity index (χ0v) is 11.3. The number of hydrogen-bond donors (Lipinski definition) is 1. The van der Waals surface area contributed by atoms with Crippen LogP contribution in [0.2, 0.25) is 0 Å². The largest absolute Gasteiger partial charge is 0.385 e. The molecule has 0 aromatic carbocycles. The number of nitrogens with one attached hydrogen (secondary N) is 1. The zero-order valence-electron chi connectivity index (χ0n) is 11.3. The molecular formula is C14H29NO. The van der Waals surface area contributed by atoms with Crippen LogP contribution in [0.4, 0.5) is 0 Å². The molecule has 1 unspecified atom stereocenters. The third-order valence-corrected chi connectivity index (χ3v) is 4.15. The lowest BCUT2D eigenvalue weighted by Gasteiger charge is -2.43. The van der Waals surface area contributed by atoms with E-state index in [4.69, 9.17) is 4.74 Å². The van der Waals surface area contributed by atoms with Crippen LogP contribution in [0.25, 0.3) is 0 Å². The molecule has 2 nitrogen and oxygen atoms in total. The van der Waals surface area contributed by atoms with Gasteiger partial charge in [0.25, 0.3) is 0 Å². The third-order valence-electron chi connectivity index (χ3n) is 4.15. The van der Waals surface area contributed by atoms with E-state index in [2.05, 4.69) is 19.2 Å². The van der Waals surface area contributed by atoms with Gasteiger partial charge in [0.2, 0.25) is 0 Å². The zero-order chi connectivity index (χ0) is 11.9. The second kappa shape index (κ2) is 7.29. The summed E-state index contributed by atoms with van der Waals surface area (Å²) < 4.78 is 5.23. The van der Waals surface area contributed by atoms with Crippen molar-refractivity contribution in [3.8, 4) is 0 Å². The molecule has 0 saturated heterocycles. The maximum absolute atomic E-state index is 5.23. The van der Waals surface area contributed by atoms with Crippen LogP contribution in [-0.4, -0.2) is 26.3 Å². The van der Waals surface area contributed by atoms with Gasteiger partial charge in [-0.05, 0) is 37.5 Å². The van der Waals surface area contributed by atoms with Crippen LogP contribution in [0.15, 0.2) is 0 Å². The first-order chi connectivity index (χ1) is 7.76. The number of rotatable bonds is 9. The first kappa shape index (κ1) is 14.0.